The first kappa shape index (κ1) is 13.6. The van der Waals surface area contributed by atoms with Crippen molar-refractivity contribution in [2.24, 2.45) is 11.8 Å². The fourth-order valence-electron chi connectivity index (χ4n) is 2.98. The highest BCUT2D eigenvalue weighted by Crippen LogP contribution is 2.39. The molecule has 0 bridgehead atoms. The van der Waals surface area contributed by atoms with Crippen LogP contribution in [0.1, 0.15) is 38.2 Å². The molecule has 20 heavy (non-hydrogen) atoms. The van der Waals surface area contributed by atoms with Gasteiger partial charge in [-0.15, -0.1) is 0 Å². The van der Waals surface area contributed by atoms with Gasteiger partial charge in [-0.1, -0.05) is 13.3 Å². The van der Waals surface area contributed by atoms with E-state index in [1.807, 2.05) is 0 Å². The molecule has 6 heteroatoms. The molecule has 1 aromatic heterocycles. The summed E-state index contributed by atoms with van der Waals surface area (Å²) in [7, 11) is 0. The molecule has 6 nitrogen and oxygen atoms in total. The van der Waals surface area contributed by atoms with E-state index in [2.05, 4.69) is 27.6 Å². The maximum Gasteiger partial charge on any atom is 0.148 e. The van der Waals surface area contributed by atoms with Gasteiger partial charge < -0.3 is 15.5 Å². The Labute approximate surface area is 119 Å². The SMILES string of the molecule is CCCc1c(NN)ncnc1NC1CCOC1C1CC1. The molecule has 2 fully saturated rings. The first-order chi connectivity index (χ1) is 9.83. The van der Waals surface area contributed by atoms with Gasteiger partial charge >= 0.3 is 0 Å². The van der Waals surface area contributed by atoms with E-state index in [0.717, 1.165) is 43.2 Å². The van der Waals surface area contributed by atoms with E-state index >= 15 is 0 Å². The Morgan fingerprint density at radius 1 is 1.30 bits per heavy atom. The minimum absolute atomic E-state index is 0.341. The van der Waals surface area contributed by atoms with Gasteiger partial charge in [-0.25, -0.2) is 15.8 Å². The van der Waals surface area contributed by atoms with Crippen LogP contribution in [0.15, 0.2) is 6.33 Å². The summed E-state index contributed by atoms with van der Waals surface area (Å²) < 4.78 is 5.87. The summed E-state index contributed by atoms with van der Waals surface area (Å²) >= 11 is 0. The molecule has 2 atom stereocenters. The lowest BCUT2D eigenvalue weighted by atomic mass is 10.1. The number of anilines is 2. The Kier molecular flexibility index (Phi) is 4.03. The smallest absolute Gasteiger partial charge is 0.148 e. The summed E-state index contributed by atoms with van der Waals surface area (Å²) in [4.78, 5) is 8.61. The van der Waals surface area contributed by atoms with Crippen LogP contribution >= 0.6 is 0 Å². The summed E-state index contributed by atoms with van der Waals surface area (Å²) in [6.07, 6.45) is 7.47. The molecule has 2 aliphatic rings. The first-order valence-corrected chi connectivity index (χ1v) is 7.52. The van der Waals surface area contributed by atoms with Gasteiger partial charge in [-0.05, 0) is 31.6 Å². The highest BCUT2D eigenvalue weighted by molar-refractivity contribution is 5.57. The van der Waals surface area contributed by atoms with Crippen molar-refractivity contribution in [3.63, 3.8) is 0 Å². The van der Waals surface area contributed by atoms with Gasteiger partial charge in [0.1, 0.15) is 18.0 Å². The summed E-state index contributed by atoms with van der Waals surface area (Å²) in [6.45, 7) is 2.98. The highest BCUT2D eigenvalue weighted by atomic mass is 16.5. The third kappa shape index (κ3) is 2.71. The number of nitrogen functional groups attached to an aromatic ring is 1. The van der Waals surface area contributed by atoms with E-state index in [4.69, 9.17) is 10.6 Å². The number of nitrogens with zero attached hydrogens (tertiary/aromatic N) is 2. The van der Waals surface area contributed by atoms with Gasteiger partial charge in [0, 0.05) is 12.2 Å². The normalized spacial score (nSPS) is 25.7. The maximum atomic E-state index is 5.87. The quantitative estimate of drug-likeness (QED) is 0.542. The van der Waals surface area contributed by atoms with Crippen LogP contribution in [0.3, 0.4) is 0 Å². The third-order valence-electron chi connectivity index (χ3n) is 4.13. The minimum atomic E-state index is 0.341. The van der Waals surface area contributed by atoms with Crippen molar-refractivity contribution in [2.75, 3.05) is 17.3 Å². The molecule has 0 radical (unpaired) electrons. The zero-order valence-corrected chi connectivity index (χ0v) is 11.9. The van der Waals surface area contributed by atoms with E-state index in [0.29, 0.717) is 18.0 Å². The molecule has 4 N–H and O–H groups in total. The van der Waals surface area contributed by atoms with Gasteiger partial charge in [-0.3, -0.25) is 0 Å². The number of rotatable bonds is 6. The van der Waals surface area contributed by atoms with E-state index < -0.39 is 0 Å². The lowest BCUT2D eigenvalue weighted by Crippen LogP contribution is -2.32. The Morgan fingerprint density at radius 2 is 2.10 bits per heavy atom. The van der Waals surface area contributed by atoms with Crippen LogP contribution in [0, 0.1) is 5.92 Å². The molecule has 1 aliphatic heterocycles. The second kappa shape index (κ2) is 5.93. The van der Waals surface area contributed by atoms with E-state index in [-0.39, 0.29) is 0 Å². The molecule has 2 unspecified atom stereocenters. The van der Waals surface area contributed by atoms with Crippen LogP contribution in [0.25, 0.3) is 0 Å². The van der Waals surface area contributed by atoms with Crippen LogP contribution in [-0.2, 0) is 11.2 Å². The molecular weight excluding hydrogens is 254 g/mol. The predicted octanol–water partition coefficient (Wildman–Crippen LogP) is 1.69. The van der Waals surface area contributed by atoms with Crippen molar-refractivity contribution in [3.8, 4) is 0 Å². The molecule has 0 amide bonds. The highest BCUT2D eigenvalue weighted by Gasteiger charge is 2.40. The number of hydrazine groups is 1. The average molecular weight is 277 g/mol. The number of nitrogens with two attached hydrogens (primary N) is 1. The molecule has 1 saturated carbocycles. The van der Waals surface area contributed by atoms with E-state index in [1.165, 1.54) is 12.8 Å². The Balaban J connectivity index is 1.78. The fourth-order valence-corrected chi connectivity index (χ4v) is 2.98. The third-order valence-corrected chi connectivity index (χ3v) is 4.13. The summed E-state index contributed by atoms with van der Waals surface area (Å²) in [5.74, 6) is 7.90. The molecule has 0 aromatic carbocycles. The topological polar surface area (TPSA) is 85.1 Å². The molecular formula is C14H23N5O. The Morgan fingerprint density at radius 3 is 2.80 bits per heavy atom. The molecule has 3 rings (SSSR count). The molecule has 1 aromatic rings. The van der Waals surface area contributed by atoms with Crippen LogP contribution in [0.2, 0.25) is 0 Å². The largest absolute Gasteiger partial charge is 0.376 e. The van der Waals surface area contributed by atoms with Crippen molar-refractivity contribution >= 4 is 11.6 Å². The van der Waals surface area contributed by atoms with E-state index in [9.17, 15) is 0 Å². The number of hydrogen-bond acceptors (Lipinski definition) is 6. The lowest BCUT2D eigenvalue weighted by Gasteiger charge is -2.22. The van der Waals surface area contributed by atoms with Gasteiger partial charge in [0.25, 0.3) is 0 Å². The standard InChI is InChI=1S/C14H23N5O/c1-2-3-10-13(16-8-17-14(10)19-15)18-11-6-7-20-12(11)9-4-5-9/h8-9,11-12H,2-7,15H2,1H3,(H2,16,17,18,19). The second-order valence-electron chi connectivity index (χ2n) is 5.66. The molecule has 0 spiro atoms. The average Bonchev–Trinajstić information content (AvgIpc) is 3.21. The number of ether oxygens (including phenoxy) is 1. The number of nitrogens with one attached hydrogen (secondary N) is 2. The monoisotopic (exact) mass is 277 g/mol. The Bertz CT molecular complexity index is 463. The van der Waals surface area contributed by atoms with Crippen molar-refractivity contribution < 1.29 is 4.74 Å². The Hall–Kier alpha value is -1.40. The number of aromatic nitrogens is 2. The fraction of sp³-hybridized carbons (Fsp3) is 0.714. The maximum absolute atomic E-state index is 5.87. The van der Waals surface area contributed by atoms with Crippen molar-refractivity contribution in [1.82, 2.24) is 9.97 Å². The van der Waals surface area contributed by atoms with Gasteiger partial charge in [0.15, 0.2) is 0 Å². The van der Waals surface area contributed by atoms with Crippen LogP contribution in [0.4, 0.5) is 11.6 Å². The van der Waals surface area contributed by atoms with Crippen LogP contribution < -0.4 is 16.6 Å². The summed E-state index contributed by atoms with van der Waals surface area (Å²) in [5, 5.41) is 3.57. The molecule has 2 heterocycles. The molecule has 110 valence electrons. The van der Waals surface area contributed by atoms with Crippen LogP contribution in [0.5, 0.6) is 0 Å². The minimum Gasteiger partial charge on any atom is -0.376 e. The number of hydrogen-bond donors (Lipinski definition) is 3. The van der Waals surface area contributed by atoms with E-state index in [1.54, 1.807) is 6.33 Å². The molecule has 1 aliphatic carbocycles. The van der Waals surface area contributed by atoms with Crippen molar-refractivity contribution in [2.45, 2.75) is 51.2 Å². The molecule has 1 saturated heterocycles. The van der Waals surface area contributed by atoms with Crippen molar-refractivity contribution in [1.29, 1.82) is 0 Å². The second-order valence-corrected chi connectivity index (χ2v) is 5.66. The summed E-state index contributed by atoms with van der Waals surface area (Å²) in [6, 6.07) is 0.360. The predicted molar refractivity (Wildman–Crippen MR) is 78.3 cm³/mol. The summed E-state index contributed by atoms with van der Waals surface area (Å²) in [5.41, 5.74) is 3.74. The zero-order valence-electron chi connectivity index (χ0n) is 11.9. The van der Waals surface area contributed by atoms with Gasteiger partial charge in [-0.2, -0.15) is 0 Å². The first-order valence-electron chi connectivity index (χ1n) is 7.52. The van der Waals surface area contributed by atoms with Crippen molar-refractivity contribution in [3.05, 3.63) is 11.9 Å². The van der Waals surface area contributed by atoms with Gasteiger partial charge in [0.2, 0.25) is 0 Å². The zero-order chi connectivity index (χ0) is 13.9. The van der Waals surface area contributed by atoms with Crippen LogP contribution in [-0.4, -0.2) is 28.7 Å². The lowest BCUT2D eigenvalue weighted by molar-refractivity contribution is 0.0898. The van der Waals surface area contributed by atoms with Gasteiger partial charge in [0.05, 0.1) is 12.1 Å².